The fourth-order valence-electron chi connectivity index (χ4n) is 2.48. The van der Waals surface area contributed by atoms with Crippen molar-refractivity contribution in [2.45, 2.75) is 6.61 Å². The molecule has 3 aromatic rings. The molecule has 3 rings (SSSR count). The van der Waals surface area contributed by atoms with Crippen LogP contribution in [0.4, 0.5) is 0 Å². The van der Waals surface area contributed by atoms with Crippen LogP contribution >= 0.6 is 15.9 Å². The fourth-order valence-corrected chi connectivity index (χ4v) is 2.94. The van der Waals surface area contributed by atoms with Crippen molar-refractivity contribution in [2.24, 2.45) is 5.10 Å². The molecule has 138 valence electrons. The SMILES string of the molecule is N#Cc1cccc(COc2ccccc2/C=N\NC(=O)c2ccccc2Br)c1. The molecular weight excluding hydrogens is 418 g/mol. The van der Waals surface area contributed by atoms with Crippen LogP contribution in [0.15, 0.2) is 82.4 Å². The summed E-state index contributed by atoms with van der Waals surface area (Å²) in [7, 11) is 0. The molecule has 0 atom stereocenters. The van der Waals surface area contributed by atoms with Crippen molar-refractivity contribution in [3.05, 3.63) is 99.5 Å². The monoisotopic (exact) mass is 433 g/mol. The number of ether oxygens (including phenoxy) is 1. The first-order valence-corrected chi connectivity index (χ1v) is 9.25. The quantitative estimate of drug-likeness (QED) is 0.453. The normalized spacial score (nSPS) is 10.4. The highest BCUT2D eigenvalue weighted by molar-refractivity contribution is 9.10. The minimum absolute atomic E-state index is 0.310. The van der Waals surface area contributed by atoms with Crippen molar-refractivity contribution >= 4 is 28.1 Å². The summed E-state index contributed by atoms with van der Waals surface area (Å²) in [5, 5.41) is 13.0. The van der Waals surface area contributed by atoms with E-state index in [2.05, 4.69) is 32.5 Å². The average Bonchev–Trinajstić information content (AvgIpc) is 2.73. The van der Waals surface area contributed by atoms with E-state index in [-0.39, 0.29) is 5.91 Å². The number of benzene rings is 3. The third kappa shape index (κ3) is 5.06. The van der Waals surface area contributed by atoms with Crippen LogP contribution < -0.4 is 10.2 Å². The van der Waals surface area contributed by atoms with E-state index >= 15 is 0 Å². The molecule has 5 nitrogen and oxygen atoms in total. The van der Waals surface area contributed by atoms with E-state index in [4.69, 9.17) is 10.00 Å². The van der Waals surface area contributed by atoms with E-state index in [1.807, 2.05) is 42.5 Å². The molecule has 0 unspecified atom stereocenters. The second kappa shape index (κ2) is 9.49. The van der Waals surface area contributed by atoms with E-state index < -0.39 is 0 Å². The van der Waals surface area contributed by atoms with Gasteiger partial charge in [-0.3, -0.25) is 4.79 Å². The lowest BCUT2D eigenvalue weighted by Gasteiger charge is -2.09. The Kier molecular flexibility index (Phi) is 6.55. The van der Waals surface area contributed by atoms with Crippen LogP contribution in [0, 0.1) is 11.3 Å². The van der Waals surface area contributed by atoms with Gasteiger partial charge in [-0.15, -0.1) is 0 Å². The van der Waals surface area contributed by atoms with Crippen LogP contribution in [0.2, 0.25) is 0 Å². The molecule has 0 aliphatic heterocycles. The number of halogens is 1. The molecule has 6 heteroatoms. The molecule has 0 aliphatic rings. The topological polar surface area (TPSA) is 74.5 Å². The Morgan fingerprint density at radius 1 is 1.11 bits per heavy atom. The zero-order chi connectivity index (χ0) is 19.8. The number of nitrogens with zero attached hydrogens (tertiary/aromatic N) is 2. The number of hydrogen-bond donors (Lipinski definition) is 1. The van der Waals surface area contributed by atoms with Gasteiger partial charge in [0.05, 0.1) is 23.4 Å². The Bertz CT molecular complexity index is 1060. The van der Waals surface area contributed by atoms with Crippen LogP contribution in [-0.2, 0) is 6.61 Å². The highest BCUT2D eigenvalue weighted by atomic mass is 79.9. The Morgan fingerprint density at radius 2 is 1.89 bits per heavy atom. The van der Waals surface area contributed by atoms with Crippen LogP contribution in [0.25, 0.3) is 0 Å². The van der Waals surface area contributed by atoms with Gasteiger partial charge in [0.15, 0.2) is 0 Å². The van der Waals surface area contributed by atoms with E-state index in [1.54, 1.807) is 30.3 Å². The number of para-hydroxylation sites is 1. The van der Waals surface area contributed by atoms with Gasteiger partial charge in [0.25, 0.3) is 5.91 Å². The number of rotatable bonds is 6. The van der Waals surface area contributed by atoms with Crippen LogP contribution in [0.1, 0.15) is 27.0 Å². The first-order chi connectivity index (χ1) is 13.7. The summed E-state index contributed by atoms with van der Waals surface area (Å²) in [6.07, 6.45) is 1.54. The zero-order valence-corrected chi connectivity index (χ0v) is 16.4. The van der Waals surface area contributed by atoms with E-state index in [1.165, 1.54) is 6.21 Å². The van der Waals surface area contributed by atoms with Crippen molar-refractivity contribution in [2.75, 3.05) is 0 Å². The lowest BCUT2D eigenvalue weighted by molar-refractivity contribution is 0.0954. The van der Waals surface area contributed by atoms with Crippen molar-refractivity contribution in [3.63, 3.8) is 0 Å². The molecule has 0 aliphatic carbocycles. The number of carbonyl (C=O) groups excluding carboxylic acids is 1. The van der Waals surface area contributed by atoms with Crippen molar-refractivity contribution in [3.8, 4) is 11.8 Å². The number of amides is 1. The Hall–Kier alpha value is -3.43. The molecule has 0 aromatic heterocycles. The number of carbonyl (C=O) groups is 1. The van der Waals surface area contributed by atoms with Crippen molar-refractivity contribution in [1.29, 1.82) is 5.26 Å². The predicted molar refractivity (Wildman–Crippen MR) is 111 cm³/mol. The van der Waals surface area contributed by atoms with Gasteiger partial charge in [0, 0.05) is 10.0 Å². The molecule has 28 heavy (non-hydrogen) atoms. The third-order valence-corrected chi connectivity index (χ3v) is 4.55. The van der Waals surface area contributed by atoms with Crippen LogP contribution in [-0.4, -0.2) is 12.1 Å². The smallest absolute Gasteiger partial charge is 0.272 e. The van der Waals surface area contributed by atoms with Gasteiger partial charge >= 0.3 is 0 Å². The highest BCUT2D eigenvalue weighted by Gasteiger charge is 2.08. The summed E-state index contributed by atoms with van der Waals surface area (Å²) in [6, 6.07) is 23.9. The lowest BCUT2D eigenvalue weighted by Crippen LogP contribution is -2.18. The van der Waals surface area contributed by atoms with Gasteiger partial charge in [-0.1, -0.05) is 36.4 Å². The molecule has 1 amide bonds. The maximum Gasteiger partial charge on any atom is 0.272 e. The van der Waals surface area contributed by atoms with Gasteiger partial charge in [-0.05, 0) is 57.9 Å². The molecular formula is C22H16BrN3O2. The van der Waals surface area contributed by atoms with Gasteiger partial charge in [0.1, 0.15) is 12.4 Å². The lowest BCUT2D eigenvalue weighted by atomic mass is 10.1. The second-order valence-corrected chi connectivity index (χ2v) is 6.67. The zero-order valence-electron chi connectivity index (χ0n) is 14.8. The fraction of sp³-hybridized carbons (Fsp3) is 0.0455. The minimum Gasteiger partial charge on any atom is -0.488 e. The first-order valence-electron chi connectivity index (χ1n) is 8.46. The maximum absolute atomic E-state index is 12.2. The van der Waals surface area contributed by atoms with E-state index in [0.29, 0.717) is 28.0 Å². The number of hydrogen-bond acceptors (Lipinski definition) is 4. The molecule has 1 N–H and O–H groups in total. The summed E-state index contributed by atoms with van der Waals surface area (Å²) < 4.78 is 6.56. The Balaban J connectivity index is 1.66. The Morgan fingerprint density at radius 3 is 2.71 bits per heavy atom. The van der Waals surface area contributed by atoms with Crippen LogP contribution in [0.5, 0.6) is 5.75 Å². The average molecular weight is 434 g/mol. The number of nitriles is 1. The van der Waals surface area contributed by atoms with Crippen molar-refractivity contribution in [1.82, 2.24) is 5.43 Å². The second-order valence-electron chi connectivity index (χ2n) is 5.82. The third-order valence-electron chi connectivity index (χ3n) is 3.86. The van der Waals surface area contributed by atoms with Gasteiger partial charge < -0.3 is 4.74 Å². The van der Waals surface area contributed by atoms with E-state index in [9.17, 15) is 4.79 Å². The largest absolute Gasteiger partial charge is 0.488 e. The van der Waals surface area contributed by atoms with Crippen LogP contribution in [0.3, 0.4) is 0 Å². The maximum atomic E-state index is 12.2. The summed E-state index contributed by atoms with van der Waals surface area (Å²) in [5.74, 6) is 0.319. The molecule has 0 fully saturated rings. The molecule has 0 bridgehead atoms. The van der Waals surface area contributed by atoms with Gasteiger partial charge in [0.2, 0.25) is 0 Å². The standard InChI is InChI=1S/C22H16BrN3O2/c23-20-10-3-2-9-19(20)22(27)26-25-14-18-8-1-4-11-21(18)28-15-17-7-5-6-16(12-17)13-24/h1-12,14H,15H2,(H,26,27)/b25-14-. The Labute approximate surface area is 171 Å². The minimum atomic E-state index is -0.310. The van der Waals surface area contributed by atoms with Crippen molar-refractivity contribution < 1.29 is 9.53 Å². The number of nitrogens with one attached hydrogen (secondary N) is 1. The van der Waals surface area contributed by atoms with E-state index in [0.717, 1.165) is 11.1 Å². The highest BCUT2D eigenvalue weighted by Crippen LogP contribution is 2.18. The molecule has 0 saturated heterocycles. The molecule has 0 spiro atoms. The summed E-state index contributed by atoms with van der Waals surface area (Å²) >= 11 is 3.35. The van der Waals surface area contributed by atoms with Gasteiger partial charge in [-0.2, -0.15) is 10.4 Å². The summed E-state index contributed by atoms with van der Waals surface area (Å²) in [5.41, 5.74) is 5.23. The predicted octanol–water partition coefficient (Wildman–Crippen LogP) is 4.66. The summed E-state index contributed by atoms with van der Waals surface area (Å²) in [4.78, 5) is 12.2. The molecule has 0 heterocycles. The molecule has 0 saturated carbocycles. The number of hydrazone groups is 1. The molecule has 0 radical (unpaired) electrons. The van der Waals surface area contributed by atoms with Gasteiger partial charge in [-0.25, -0.2) is 5.43 Å². The molecule has 3 aromatic carbocycles. The first kappa shape index (κ1) is 19.3. The summed E-state index contributed by atoms with van der Waals surface area (Å²) in [6.45, 7) is 0.323.